The number of nitrogens with zero attached hydrogens (tertiary/aromatic N) is 1. The van der Waals surface area contributed by atoms with Gasteiger partial charge in [0.15, 0.2) is 0 Å². The average Bonchev–Trinajstić information content (AvgIpc) is 2.86. The van der Waals surface area contributed by atoms with Gasteiger partial charge in [-0.3, -0.25) is 14.5 Å². The van der Waals surface area contributed by atoms with Gasteiger partial charge in [-0.25, -0.2) is 4.79 Å². The van der Waals surface area contributed by atoms with Crippen molar-refractivity contribution in [1.82, 2.24) is 15.5 Å². The fourth-order valence-electron chi connectivity index (χ4n) is 5.83. The van der Waals surface area contributed by atoms with Gasteiger partial charge < -0.3 is 15.4 Å². The molecule has 198 valence electrons. The van der Waals surface area contributed by atoms with Gasteiger partial charge in [0.2, 0.25) is 11.8 Å². The normalized spacial score (nSPS) is 25.0. The minimum absolute atomic E-state index is 0.0939. The molecule has 0 radical (unpaired) electrons. The Labute approximate surface area is 215 Å². The molecule has 0 saturated heterocycles. The summed E-state index contributed by atoms with van der Waals surface area (Å²) in [5, 5.41) is 6.40. The summed E-state index contributed by atoms with van der Waals surface area (Å²) >= 11 is 0. The first-order chi connectivity index (χ1) is 17.2. The molecular formula is C29H43N3O4. The first-order valence-corrected chi connectivity index (χ1v) is 13.8. The van der Waals surface area contributed by atoms with E-state index < -0.39 is 17.7 Å². The molecule has 3 aliphatic rings. The van der Waals surface area contributed by atoms with Crippen molar-refractivity contribution in [2.75, 3.05) is 6.54 Å². The number of hydrogen-bond donors (Lipinski definition) is 2. The van der Waals surface area contributed by atoms with E-state index in [2.05, 4.69) is 10.6 Å². The lowest BCUT2D eigenvalue weighted by molar-refractivity contribution is -0.128. The molecule has 7 nitrogen and oxygen atoms in total. The van der Waals surface area contributed by atoms with Gasteiger partial charge >= 0.3 is 6.09 Å². The van der Waals surface area contributed by atoms with E-state index in [-0.39, 0.29) is 17.7 Å². The maximum atomic E-state index is 13.3. The standard InChI is InChI=1S/C29H43N3O4/c1-29(2,3)36-28(35)32-19-23-10-8-7-9-22(23)17-25(32)27(34)30-18-20-13-15-21(16-14-20)26(33)31-24-11-5-4-6-12-24/h7-10,20-21,24-25H,4-6,11-19H2,1-3H3,(H,30,34)(H,31,33)/t20?,21?,25-/m0/s1. The van der Waals surface area contributed by atoms with Gasteiger partial charge in [-0.1, -0.05) is 43.5 Å². The molecule has 36 heavy (non-hydrogen) atoms. The van der Waals surface area contributed by atoms with Crippen molar-refractivity contribution in [3.8, 4) is 0 Å². The van der Waals surface area contributed by atoms with Crippen molar-refractivity contribution in [2.24, 2.45) is 11.8 Å². The number of rotatable bonds is 5. The highest BCUT2D eigenvalue weighted by atomic mass is 16.6. The minimum Gasteiger partial charge on any atom is -0.444 e. The molecular weight excluding hydrogens is 454 g/mol. The van der Waals surface area contributed by atoms with Crippen molar-refractivity contribution in [3.05, 3.63) is 35.4 Å². The van der Waals surface area contributed by atoms with E-state index >= 15 is 0 Å². The molecule has 1 aromatic carbocycles. The first kappa shape index (κ1) is 26.5. The number of benzene rings is 1. The second kappa shape index (κ2) is 11.7. The van der Waals surface area contributed by atoms with E-state index in [4.69, 9.17) is 4.74 Å². The maximum absolute atomic E-state index is 13.3. The highest BCUT2D eigenvalue weighted by molar-refractivity contribution is 5.86. The minimum atomic E-state index is -0.628. The molecule has 1 heterocycles. The number of carbonyl (C=O) groups excluding carboxylic acids is 3. The summed E-state index contributed by atoms with van der Waals surface area (Å²) in [5.41, 5.74) is 1.52. The largest absolute Gasteiger partial charge is 0.444 e. The molecule has 1 atom stereocenters. The van der Waals surface area contributed by atoms with Crippen LogP contribution in [0, 0.1) is 11.8 Å². The van der Waals surface area contributed by atoms with Crippen LogP contribution >= 0.6 is 0 Å². The molecule has 0 spiro atoms. The van der Waals surface area contributed by atoms with Crippen LogP contribution in [-0.2, 0) is 27.3 Å². The highest BCUT2D eigenvalue weighted by Gasteiger charge is 2.37. The molecule has 2 fully saturated rings. The van der Waals surface area contributed by atoms with E-state index in [0.29, 0.717) is 31.5 Å². The molecule has 0 unspecified atom stereocenters. The molecule has 3 amide bonds. The van der Waals surface area contributed by atoms with Crippen LogP contribution in [0.15, 0.2) is 24.3 Å². The third-order valence-corrected chi connectivity index (χ3v) is 7.91. The van der Waals surface area contributed by atoms with Crippen molar-refractivity contribution >= 4 is 17.9 Å². The van der Waals surface area contributed by atoms with Crippen LogP contribution in [-0.4, -0.2) is 47.0 Å². The SMILES string of the molecule is CC(C)(C)OC(=O)N1Cc2ccccc2C[C@H]1C(=O)NCC1CCC(C(=O)NC2CCCCC2)CC1. The summed E-state index contributed by atoms with van der Waals surface area (Å²) in [6, 6.07) is 7.73. The molecule has 2 saturated carbocycles. The Hall–Kier alpha value is -2.57. The van der Waals surface area contributed by atoms with Gasteiger partial charge in [0.25, 0.3) is 0 Å². The molecule has 1 aromatic rings. The Morgan fingerprint density at radius 1 is 0.917 bits per heavy atom. The summed E-state index contributed by atoms with van der Waals surface area (Å²) in [6.45, 7) is 6.46. The highest BCUT2D eigenvalue weighted by Crippen LogP contribution is 2.30. The summed E-state index contributed by atoms with van der Waals surface area (Å²) < 4.78 is 5.62. The third-order valence-electron chi connectivity index (χ3n) is 7.91. The predicted octanol–water partition coefficient (Wildman–Crippen LogP) is 4.72. The van der Waals surface area contributed by atoms with Crippen LogP contribution in [0.3, 0.4) is 0 Å². The predicted molar refractivity (Wildman–Crippen MR) is 139 cm³/mol. The lowest BCUT2D eigenvalue weighted by Gasteiger charge is -2.37. The topological polar surface area (TPSA) is 87.7 Å². The van der Waals surface area contributed by atoms with Gasteiger partial charge in [0, 0.05) is 24.9 Å². The summed E-state index contributed by atoms with van der Waals surface area (Å²) in [4.78, 5) is 40.6. The zero-order valence-electron chi connectivity index (χ0n) is 22.2. The Morgan fingerprint density at radius 3 is 2.25 bits per heavy atom. The molecule has 2 aliphatic carbocycles. The van der Waals surface area contributed by atoms with Gasteiger partial charge in [-0.05, 0) is 76.3 Å². The monoisotopic (exact) mass is 497 g/mol. The van der Waals surface area contributed by atoms with Gasteiger partial charge in [0.05, 0.1) is 6.54 Å². The van der Waals surface area contributed by atoms with Crippen molar-refractivity contribution in [1.29, 1.82) is 0 Å². The maximum Gasteiger partial charge on any atom is 0.411 e. The Balaban J connectivity index is 1.29. The van der Waals surface area contributed by atoms with E-state index in [1.54, 1.807) is 4.90 Å². The fraction of sp³-hybridized carbons (Fsp3) is 0.690. The van der Waals surface area contributed by atoms with Crippen LogP contribution in [0.25, 0.3) is 0 Å². The van der Waals surface area contributed by atoms with E-state index in [1.807, 2.05) is 45.0 Å². The van der Waals surface area contributed by atoms with Crippen LogP contribution in [0.2, 0.25) is 0 Å². The quantitative estimate of drug-likeness (QED) is 0.616. The van der Waals surface area contributed by atoms with Crippen molar-refractivity contribution < 1.29 is 19.1 Å². The number of fused-ring (bicyclic) bond motifs is 1. The van der Waals surface area contributed by atoms with E-state index in [9.17, 15) is 14.4 Å². The first-order valence-electron chi connectivity index (χ1n) is 13.8. The van der Waals surface area contributed by atoms with E-state index in [0.717, 1.165) is 49.7 Å². The van der Waals surface area contributed by atoms with Crippen LogP contribution < -0.4 is 10.6 Å². The van der Waals surface area contributed by atoms with Gasteiger partial charge in [0.1, 0.15) is 11.6 Å². The zero-order chi connectivity index (χ0) is 25.7. The fourth-order valence-corrected chi connectivity index (χ4v) is 5.83. The van der Waals surface area contributed by atoms with Crippen LogP contribution in [0.5, 0.6) is 0 Å². The Kier molecular flexibility index (Phi) is 8.58. The van der Waals surface area contributed by atoms with Crippen molar-refractivity contribution in [2.45, 2.75) is 109 Å². The van der Waals surface area contributed by atoms with Gasteiger partial charge in [-0.15, -0.1) is 0 Å². The van der Waals surface area contributed by atoms with Crippen LogP contribution in [0.1, 0.15) is 89.7 Å². The summed E-state index contributed by atoms with van der Waals surface area (Å²) in [6.07, 6.45) is 9.59. The Bertz CT molecular complexity index is 927. The second-order valence-electron chi connectivity index (χ2n) is 11.9. The summed E-state index contributed by atoms with van der Waals surface area (Å²) in [7, 11) is 0. The Morgan fingerprint density at radius 2 is 1.58 bits per heavy atom. The molecule has 0 aromatic heterocycles. The molecule has 4 rings (SSSR count). The number of amides is 3. The number of hydrogen-bond acceptors (Lipinski definition) is 4. The average molecular weight is 498 g/mol. The van der Waals surface area contributed by atoms with Crippen LogP contribution in [0.4, 0.5) is 4.79 Å². The number of ether oxygens (including phenoxy) is 1. The molecule has 0 bridgehead atoms. The number of nitrogens with one attached hydrogen (secondary N) is 2. The third kappa shape index (κ3) is 7.01. The lowest BCUT2D eigenvalue weighted by atomic mass is 9.81. The second-order valence-corrected chi connectivity index (χ2v) is 11.9. The molecule has 2 N–H and O–H groups in total. The number of carbonyl (C=O) groups is 3. The lowest BCUT2D eigenvalue weighted by Crippen LogP contribution is -2.54. The molecule has 1 aliphatic heterocycles. The zero-order valence-corrected chi connectivity index (χ0v) is 22.2. The molecule has 7 heteroatoms. The van der Waals surface area contributed by atoms with E-state index in [1.165, 1.54) is 19.3 Å². The smallest absolute Gasteiger partial charge is 0.411 e. The summed E-state index contributed by atoms with van der Waals surface area (Å²) in [5.74, 6) is 0.542. The van der Waals surface area contributed by atoms with Crippen molar-refractivity contribution in [3.63, 3.8) is 0 Å². The van der Waals surface area contributed by atoms with Gasteiger partial charge in [-0.2, -0.15) is 0 Å².